The van der Waals surface area contributed by atoms with Crippen LogP contribution in [0.25, 0.3) is 10.9 Å². The Morgan fingerprint density at radius 1 is 1.24 bits per heavy atom. The number of para-hydroxylation sites is 1. The number of amides is 1. The molecule has 0 radical (unpaired) electrons. The minimum atomic E-state index is -0.710. The van der Waals surface area contributed by atoms with Crippen molar-refractivity contribution >= 4 is 28.6 Å². The number of hydrogen-bond acceptors (Lipinski definition) is 4. The van der Waals surface area contributed by atoms with Crippen molar-refractivity contribution in [1.82, 2.24) is 14.9 Å². The van der Waals surface area contributed by atoms with Crippen LogP contribution < -0.4 is 10.9 Å². The van der Waals surface area contributed by atoms with Crippen molar-refractivity contribution in [2.24, 2.45) is 0 Å². The summed E-state index contributed by atoms with van der Waals surface area (Å²) in [7, 11) is 0. The van der Waals surface area contributed by atoms with Crippen LogP contribution in [0, 0.1) is 11.6 Å². The highest BCUT2D eigenvalue weighted by atomic mass is 32.2. The zero-order valence-corrected chi connectivity index (χ0v) is 16.9. The van der Waals surface area contributed by atoms with Crippen LogP contribution >= 0.6 is 11.8 Å². The third-order valence-electron chi connectivity index (χ3n) is 4.41. The maximum Gasteiger partial charge on any atom is 0.262 e. The first-order chi connectivity index (χ1) is 13.9. The van der Waals surface area contributed by atoms with E-state index in [0.717, 1.165) is 30.3 Å². The highest BCUT2D eigenvalue weighted by Crippen LogP contribution is 2.20. The number of carbonyl (C=O) groups is 1. The van der Waals surface area contributed by atoms with E-state index in [-0.39, 0.29) is 22.8 Å². The molecule has 0 saturated heterocycles. The molecule has 29 heavy (non-hydrogen) atoms. The van der Waals surface area contributed by atoms with E-state index in [1.165, 1.54) is 6.07 Å². The molecule has 0 unspecified atom stereocenters. The predicted octanol–water partition coefficient (Wildman–Crippen LogP) is 4.05. The van der Waals surface area contributed by atoms with Gasteiger partial charge in [0.2, 0.25) is 5.91 Å². The SMILES string of the molecule is CCCn1c(SCC(=O)N[C@@H](C)c2ccc(F)cc2F)nc2ccccc2c1=O. The van der Waals surface area contributed by atoms with Crippen molar-refractivity contribution in [1.29, 1.82) is 0 Å². The van der Waals surface area contributed by atoms with Gasteiger partial charge in [0.1, 0.15) is 11.6 Å². The van der Waals surface area contributed by atoms with E-state index in [2.05, 4.69) is 10.3 Å². The fourth-order valence-electron chi connectivity index (χ4n) is 3.02. The fourth-order valence-corrected chi connectivity index (χ4v) is 3.86. The molecule has 0 saturated carbocycles. The molecule has 1 N–H and O–H groups in total. The van der Waals surface area contributed by atoms with Crippen molar-refractivity contribution < 1.29 is 13.6 Å². The van der Waals surface area contributed by atoms with Gasteiger partial charge in [-0.1, -0.05) is 36.9 Å². The molecule has 1 aromatic heterocycles. The number of nitrogens with zero attached hydrogens (tertiary/aromatic N) is 2. The molecule has 8 heteroatoms. The van der Waals surface area contributed by atoms with E-state index in [1.807, 2.05) is 6.92 Å². The van der Waals surface area contributed by atoms with Crippen molar-refractivity contribution in [2.75, 3.05) is 5.75 Å². The van der Waals surface area contributed by atoms with Gasteiger partial charge in [0, 0.05) is 18.2 Å². The van der Waals surface area contributed by atoms with Gasteiger partial charge < -0.3 is 5.32 Å². The van der Waals surface area contributed by atoms with Crippen LogP contribution in [0.1, 0.15) is 31.9 Å². The van der Waals surface area contributed by atoms with E-state index < -0.39 is 17.7 Å². The molecule has 0 fully saturated rings. The first-order valence-electron chi connectivity index (χ1n) is 9.27. The lowest BCUT2D eigenvalue weighted by Crippen LogP contribution is -2.29. The number of carbonyl (C=O) groups excluding carboxylic acids is 1. The second-order valence-electron chi connectivity index (χ2n) is 6.61. The van der Waals surface area contributed by atoms with Crippen molar-refractivity contribution in [3.05, 3.63) is 70.0 Å². The largest absolute Gasteiger partial charge is 0.349 e. The minimum Gasteiger partial charge on any atom is -0.349 e. The fraction of sp³-hybridized carbons (Fsp3) is 0.286. The van der Waals surface area contributed by atoms with Gasteiger partial charge in [-0.15, -0.1) is 0 Å². The molecule has 3 aromatic rings. The quantitative estimate of drug-likeness (QED) is 0.465. The van der Waals surface area contributed by atoms with Gasteiger partial charge in [-0.2, -0.15) is 0 Å². The first-order valence-corrected chi connectivity index (χ1v) is 10.3. The molecular weight excluding hydrogens is 396 g/mol. The number of halogens is 2. The van der Waals surface area contributed by atoms with Crippen LogP contribution in [0.2, 0.25) is 0 Å². The molecular formula is C21H21F2N3O2S. The normalized spacial score (nSPS) is 12.1. The Morgan fingerprint density at radius 2 is 2.00 bits per heavy atom. The summed E-state index contributed by atoms with van der Waals surface area (Å²) in [5, 5.41) is 3.69. The van der Waals surface area contributed by atoms with Gasteiger partial charge in [0.25, 0.3) is 5.56 Å². The third-order valence-corrected chi connectivity index (χ3v) is 5.39. The summed E-state index contributed by atoms with van der Waals surface area (Å²) >= 11 is 1.15. The van der Waals surface area contributed by atoms with Crippen LogP contribution in [0.15, 0.2) is 52.4 Å². The number of hydrogen-bond donors (Lipinski definition) is 1. The highest BCUT2D eigenvalue weighted by molar-refractivity contribution is 7.99. The number of fused-ring (bicyclic) bond motifs is 1. The van der Waals surface area contributed by atoms with Crippen molar-refractivity contribution in [3.8, 4) is 0 Å². The predicted molar refractivity (Wildman–Crippen MR) is 110 cm³/mol. The van der Waals surface area contributed by atoms with Crippen LogP contribution in [0.3, 0.4) is 0 Å². The summed E-state index contributed by atoms with van der Waals surface area (Å²) < 4.78 is 28.5. The lowest BCUT2D eigenvalue weighted by atomic mass is 10.1. The number of nitrogens with one attached hydrogen (secondary N) is 1. The van der Waals surface area contributed by atoms with E-state index in [9.17, 15) is 18.4 Å². The molecule has 0 aliphatic heterocycles. The Hall–Kier alpha value is -2.74. The van der Waals surface area contributed by atoms with Crippen LogP contribution in [0.5, 0.6) is 0 Å². The standard InChI is InChI=1S/C21H21F2N3O2S/c1-3-10-26-20(28)16-6-4-5-7-18(16)25-21(26)29-12-19(27)24-13(2)15-9-8-14(22)11-17(15)23/h4-9,11,13H,3,10,12H2,1-2H3,(H,24,27)/t13-/m0/s1. The number of aromatic nitrogens is 2. The Balaban J connectivity index is 1.75. The molecule has 0 spiro atoms. The van der Waals surface area contributed by atoms with Crippen LogP contribution in [0.4, 0.5) is 8.78 Å². The zero-order valence-electron chi connectivity index (χ0n) is 16.1. The number of benzene rings is 2. The Bertz CT molecular complexity index is 1100. The Morgan fingerprint density at radius 3 is 2.72 bits per heavy atom. The van der Waals surface area contributed by atoms with E-state index in [0.29, 0.717) is 22.6 Å². The molecule has 0 bridgehead atoms. The molecule has 3 rings (SSSR count). The maximum atomic E-state index is 13.9. The molecule has 0 aliphatic rings. The zero-order chi connectivity index (χ0) is 21.0. The number of rotatable bonds is 7. The third kappa shape index (κ3) is 4.82. The monoisotopic (exact) mass is 417 g/mol. The number of thioether (sulfide) groups is 1. The summed E-state index contributed by atoms with van der Waals surface area (Å²) in [6, 6.07) is 9.72. The molecule has 5 nitrogen and oxygen atoms in total. The molecule has 1 atom stereocenters. The lowest BCUT2D eigenvalue weighted by molar-refractivity contribution is -0.119. The molecule has 0 aliphatic carbocycles. The minimum absolute atomic E-state index is 0.0155. The van der Waals surface area contributed by atoms with Gasteiger partial charge in [-0.3, -0.25) is 14.2 Å². The van der Waals surface area contributed by atoms with Crippen LogP contribution in [-0.2, 0) is 11.3 Å². The summed E-state index contributed by atoms with van der Waals surface area (Å²) in [4.78, 5) is 29.6. The molecule has 1 heterocycles. The maximum absolute atomic E-state index is 13.9. The van der Waals surface area contributed by atoms with Gasteiger partial charge in [-0.25, -0.2) is 13.8 Å². The van der Waals surface area contributed by atoms with E-state index in [4.69, 9.17) is 0 Å². The van der Waals surface area contributed by atoms with Gasteiger partial charge in [0.05, 0.1) is 22.7 Å². The summed E-state index contributed by atoms with van der Waals surface area (Å²) in [5.41, 5.74) is 0.646. The summed E-state index contributed by atoms with van der Waals surface area (Å²) in [5.74, 6) is -1.70. The topological polar surface area (TPSA) is 64.0 Å². The smallest absolute Gasteiger partial charge is 0.262 e. The summed E-state index contributed by atoms with van der Waals surface area (Å²) in [6.07, 6.45) is 0.751. The second kappa shape index (κ2) is 9.17. The Kier molecular flexibility index (Phi) is 6.64. The molecule has 1 amide bonds. The van der Waals surface area contributed by atoms with Gasteiger partial charge in [0.15, 0.2) is 5.16 Å². The Labute approximate surface area is 171 Å². The van der Waals surface area contributed by atoms with Crippen LogP contribution in [-0.4, -0.2) is 21.2 Å². The van der Waals surface area contributed by atoms with Crippen molar-refractivity contribution in [3.63, 3.8) is 0 Å². The van der Waals surface area contributed by atoms with Gasteiger partial charge >= 0.3 is 0 Å². The van der Waals surface area contributed by atoms with Gasteiger partial charge in [-0.05, 0) is 31.5 Å². The lowest BCUT2D eigenvalue weighted by Gasteiger charge is -2.16. The van der Waals surface area contributed by atoms with E-state index >= 15 is 0 Å². The molecule has 2 aromatic carbocycles. The van der Waals surface area contributed by atoms with Crippen molar-refractivity contribution in [2.45, 2.75) is 38.0 Å². The summed E-state index contributed by atoms with van der Waals surface area (Å²) in [6.45, 7) is 4.08. The first kappa shape index (κ1) is 21.0. The second-order valence-corrected chi connectivity index (χ2v) is 7.55. The molecule has 152 valence electrons. The highest BCUT2D eigenvalue weighted by Gasteiger charge is 2.16. The van der Waals surface area contributed by atoms with E-state index in [1.54, 1.807) is 35.8 Å². The average Bonchev–Trinajstić information content (AvgIpc) is 2.68. The average molecular weight is 417 g/mol.